The molecule has 0 saturated heterocycles. The molecule has 0 aliphatic carbocycles. The van der Waals surface area contributed by atoms with Crippen molar-refractivity contribution in [2.75, 3.05) is 11.9 Å². The first-order chi connectivity index (χ1) is 11.7. The summed E-state index contributed by atoms with van der Waals surface area (Å²) in [6, 6.07) is 25.6. The topological polar surface area (TPSA) is 20.3 Å². The number of hydrogen-bond acceptors (Lipinski definition) is 1. The molecule has 2 nitrogen and oxygen atoms in total. The lowest BCUT2D eigenvalue weighted by Gasteiger charge is -2.29. The number of para-hydroxylation sites is 1. The van der Waals surface area contributed by atoms with Gasteiger partial charge in [0.1, 0.15) is 5.41 Å². The fraction of sp³-hybridized carbons (Fsp3) is 0.0952. The lowest BCUT2D eigenvalue weighted by Crippen LogP contribution is -2.40. The van der Waals surface area contributed by atoms with E-state index >= 15 is 0 Å². The van der Waals surface area contributed by atoms with E-state index in [0.29, 0.717) is 5.02 Å². The number of anilines is 1. The van der Waals surface area contributed by atoms with Crippen molar-refractivity contribution in [2.24, 2.45) is 0 Å². The third-order valence-corrected chi connectivity index (χ3v) is 5.07. The zero-order valence-electron chi connectivity index (χ0n) is 13.2. The number of benzene rings is 3. The Morgan fingerprint density at radius 3 is 1.88 bits per heavy atom. The molecule has 1 heterocycles. The smallest absolute Gasteiger partial charge is 0.246 e. The van der Waals surface area contributed by atoms with Crippen LogP contribution in [0.5, 0.6) is 0 Å². The van der Waals surface area contributed by atoms with E-state index in [2.05, 4.69) is 0 Å². The molecule has 1 aliphatic rings. The maximum absolute atomic E-state index is 13.5. The van der Waals surface area contributed by atoms with Crippen LogP contribution in [0.2, 0.25) is 5.02 Å². The largest absolute Gasteiger partial charge is 0.312 e. The Morgan fingerprint density at radius 2 is 1.33 bits per heavy atom. The Labute approximate surface area is 146 Å². The van der Waals surface area contributed by atoms with E-state index in [-0.39, 0.29) is 5.91 Å². The minimum atomic E-state index is -0.864. The maximum atomic E-state index is 13.5. The van der Waals surface area contributed by atoms with Crippen LogP contribution in [0, 0.1) is 0 Å². The predicted molar refractivity (Wildman–Crippen MR) is 97.6 cm³/mol. The summed E-state index contributed by atoms with van der Waals surface area (Å²) in [5, 5.41) is 0.595. The highest BCUT2D eigenvalue weighted by Gasteiger charge is 2.52. The summed E-state index contributed by atoms with van der Waals surface area (Å²) in [6.07, 6.45) is 0. The van der Waals surface area contributed by atoms with Gasteiger partial charge in [0, 0.05) is 12.6 Å². The normalized spacial score (nSPS) is 15.4. The third-order valence-electron chi connectivity index (χ3n) is 4.77. The minimum Gasteiger partial charge on any atom is -0.312 e. The number of fused-ring (bicyclic) bond motifs is 1. The molecule has 0 saturated carbocycles. The molecule has 0 aromatic heterocycles. The van der Waals surface area contributed by atoms with E-state index in [9.17, 15) is 4.79 Å². The zero-order chi connectivity index (χ0) is 16.7. The maximum Gasteiger partial charge on any atom is 0.246 e. The van der Waals surface area contributed by atoms with Gasteiger partial charge >= 0.3 is 0 Å². The van der Waals surface area contributed by atoms with E-state index in [4.69, 9.17) is 11.6 Å². The Kier molecular flexibility index (Phi) is 3.43. The van der Waals surface area contributed by atoms with Crippen LogP contribution in [-0.2, 0) is 10.2 Å². The van der Waals surface area contributed by atoms with Gasteiger partial charge in [-0.1, -0.05) is 84.4 Å². The Morgan fingerprint density at radius 1 is 0.792 bits per heavy atom. The van der Waals surface area contributed by atoms with Gasteiger partial charge in [-0.2, -0.15) is 0 Å². The molecule has 0 spiro atoms. The van der Waals surface area contributed by atoms with Crippen molar-refractivity contribution in [3.05, 3.63) is 101 Å². The summed E-state index contributed by atoms with van der Waals surface area (Å²) in [4.78, 5) is 15.2. The van der Waals surface area contributed by atoms with Crippen molar-refractivity contribution in [3.8, 4) is 0 Å². The van der Waals surface area contributed by atoms with Crippen LogP contribution in [0.4, 0.5) is 5.69 Å². The molecule has 3 heteroatoms. The molecule has 3 aromatic rings. The minimum absolute atomic E-state index is 0.0167. The average molecular weight is 334 g/mol. The highest BCUT2D eigenvalue weighted by Crippen LogP contribution is 2.51. The van der Waals surface area contributed by atoms with Crippen LogP contribution in [0.3, 0.4) is 0 Å². The van der Waals surface area contributed by atoms with Gasteiger partial charge in [0.05, 0.1) is 10.7 Å². The lowest BCUT2D eigenvalue weighted by atomic mass is 9.70. The van der Waals surface area contributed by atoms with Gasteiger partial charge in [-0.15, -0.1) is 0 Å². The molecular formula is C21H16ClNO. The van der Waals surface area contributed by atoms with Gasteiger partial charge in [-0.05, 0) is 17.2 Å². The van der Waals surface area contributed by atoms with Crippen LogP contribution < -0.4 is 4.90 Å². The summed E-state index contributed by atoms with van der Waals surface area (Å²) in [7, 11) is 1.79. The number of carbonyl (C=O) groups is 1. The summed E-state index contributed by atoms with van der Waals surface area (Å²) >= 11 is 6.44. The molecule has 1 amide bonds. The molecule has 118 valence electrons. The van der Waals surface area contributed by atoms with E-state index in [1.54, 1.807) is 11.9 Å². The van der Waals surface area contributed by atoms with Crippen molar-refractivity contribution in [1.82, 2.24) is 0 Å². The van der Waals surface area contributed by atoms with Crippen molar-refractivity contribution < 1.29 is 4.79 Å². The van der Waals surface area contributed by atoms with Gasteiger partial charge in [-0.25, -0.2) is 0 Å². The summed E-state index contributed by atoms with van der Waals surface area (Å²) in [6.45, 7) is 0. The number of halogens is 1. The second kappa shape index (κ2) is 5.50. The summed E-state index contributed by atoms with van der Waals surface area (Å²) in [5.74, 6) is 0.0167. The van der Waals surface area contributed by atoms with Crippen molar-refractivity contribution in [1.29, 1.82) is 0 Å². The molecule has 24 heavy (non-hydrogen) atoms. The quantitative estimate of drug-likeness (QED) is 0.668. The second-order valence-corrected chi connectivity index (χ2v) is 6.39. The Balaban J connectivity index is 2.14. The van der Waals surface area contributed by atoms with E-state index in [1.807, 2.05) is 78.9 Å². The van der Waals surface area contributed by atoms with E-state index < -0.39 is 5.41 Å². The van der Waals surface area contributed by atoms with Crippen LogP contribution in [0.15, 0.2) is 78.9 Å². The van der Waals surface area contributed by atoms with Crippen molar-refractivity contribution in [3.63, 3.8) is 0 Å². The number of nitrogens with zero attached hydrogens (tertiary/aromatic N) is 1. The highest BCUT2D eigenvalue weighted by molar-refractivity contribution is 6.35. The number of hydrogen-bond donors (Lipinski definition) is 0. The van der Waals surface area contributed by atoms with Crippen LogP contribution in [-0.4, -0.2) is 13.0 Å². The first kappa shape index (κ1) is 15.0. The fourth-order valence-corrected chi connectivity index (χ4v) is 4.03. The van der Waals surface area contributed by atoms with E-state index in [0.717, 1.165) is 22.4 Å². The molecule has 0 unspecified atom stereocenters. The summed E-state index contributed by atoms with van der Waals surface area (Å²) in [5.41, 5.74) is 2.76. The second-order valence-electron chi connectivity index (χ2n) is 5.98. The first-order valence-corrected chi connectivity index (χ1v) is 8.23. The van der Waals surface area contributed by atoms with Crippen molar-refractivity contribution >= 4 is 23.2 Å². The molecule has 0 bridgehead atoms. The SMILES string of the molecule is CN1C(=O)C(c2ccccc2)(c2ccccc2)c2cccc(Cl)c21. The molecule has 0 fully saturated rings. The van der Waals surface area contributed by atoms with Gasteiger partial charge in [0.2, 0.25) is 5.91 Å². The Hall–Kier alpha value is -2.58. The zero-order valence-corrected chi connectivity index (χ0v) is 14.0. The highest BCUT2D eigenvalue weighted by atomic mass is 35.5. The average Bonchev–Trinajstić information content (AvgIpc) is 2.86. The number of likely N-dealkylation sites (N-methyl/N-ethyl adjacent to an activating group) is 1. The third kappa shape index (κ3) is 1.87. The number of carbonyl (C=O) groups excluding carboxylic acids is 1. The molecule has 1 aliphatic heterocycles. The van der Waals surface area contributed by atoms with Gasteiger partial charge in [-0.3, -0.25) is 4.79 Å². The van der Waals surface area contributed by atoms with Gasteiger partial charge in [0.15, 0.2) is 0 Å². The van der Waals surface area contributed by atoms with Crippen molar-refractivity contribution in [2.45, 2.75) is 5.41 Å². The predicted octanol–water partition coefficient (Wildman–Crippen LogP) is 4.65. The monoisotopic (exact) mass is 333 g/mol. The van der Waals surface area contributed by atoms with Gasteiger partial charge in [0.25, 0.3) is 0 Å². The van der Waals surface area contributed by atoms with Crippen LogP contribution in [0.1, 0.15) is 16.7 Å². The molecule has 4 rings (SSSR count). The molecular weight excluding hydrogens is 318 g/mol. The molecule has 0 radical (unpaired) electrons. The Bertz CT molecular complexity index is 866. The first-order valence-electron chi connectivity index (χ1n) is 7.85. The van der Waals surface area contributed by atoms with Gasteiger partial charge < -0.3 is 4.90 Å². The standard InChI is InChI=1S/C21H16ClNO/c1-23-19-17(13-8-14-18(19)22)21(20(23)24,15-9-4-2-5-10-15)16-11-6-3-7-12-16/h2-14H,1H3. The molecule has 0 N–H and O–H groups in total. The number of rotatable bonds is 2. The van der Waals surface area contributed by atoms with E-state index in [1.165, 1.54) is 0 Å². The van der Waals surface area contributed by atoms with Crippen LogP contribution in [0.25, 0.3) is 0 Å². The number of amides is 1. The molecule has 0 atom stereocenters. The summed E-state index contributed by atoms with van der Waals surface area (Å²) < 4.78 is 0. The fourth-order valence-electron chi connectivity index (χ4n) is 3.73. The molecule has 3 aromatic carbocycles. The van der Waals surface area contributed by atoms with Crippen LogP contribution >= 0.6 is 11.6 Å². The lowest BCUT2D eigenvalue weighted by molar-refractivity contribution is -0.120.